The molecule has 2 aromatic rings. The Hall–Kier alpha value is -2.32. The molecule has 0 saturated carbocycles. The van der Waals surface area contributed by atoms with Gasteiger partial charge < -0.3 is 10.4 Å². The highest BCUT2D eigenvalue weighted by atomic mass is 35.5. The van der Waals surface area contributed by atoms with Gasteiger partial charge >= 0.3 is 5.97 Å². The molecule has 1 aromatic heterocycles. The minimum Gasteiger partial charge on any atom is -0.481 e. The normalized spacial score (nSPS) is 10.3. The fourth-order valence-electron chi connectivity index (χ4n) is 2.12. The van der Waals surface area contributed by atoms with Crippen LogP contribution in [0, 0.1) is 18.3 Å². The predicted molar refractivity (Wildman–Crippen MR) is 81.6 cm³/mol. The zero-order valence-corrected chi connectivity index (χ0v) is 12.2. The molecule has 0 aliphatic rings. The van der Waals surface area contributed by atoms with E-state index >= 15 is 0 Å². The quantitative estimate of drug-likeness (QED) is 0.827. The minimum atomic E-state index is -0.837. The molecule has 5 nitrogen and oxygen atoms in total. The lowest BCUT2D eigenvalue weighted by Gasteiger charge is -2.12. The Labute approximate surface area is 127 Å². The lowest BCUT2D eigenvalue weighted by molar-refractivity contribution is -0.137. The molecule has 0 radical (unpaired) electrons. The van der Waals surface area contributed by atoms with Crippen molar-refractivity contribution in [2.75, 3.05) is 11.9 Å². The van der Waals surface area contributed by atoms with E-state index in [0.717, 1.165) is 10.9 Å². The van der Waals surface area contributed by atoms with Gasteiger partial charge in [0.15, 0.2) is 0 Å². The van der Waals surface area contributed by atoms with Crippen LogP contribution >= 0.6 is 11.6 Å². The third kappa shape index (κ3) is 3.41. The largest absolute Gasteiger partial charge is 0.481 e. The first kappa shape index (κ1) is 15.1. The highest BCUT2D eigenvalue weighted by Crippen LogP contribution is 2.31. The molecule has 0 aliphatic carbocycles. The predicted octanol–water partition coefficient (Wildman–Crippen LogP) is 3.35. The van der Waals surface area contributed by atoms with Crippen molar-refractivity contribution >= 4 is 34.2 Å². The Kier molecular flexibility index (Phi) is 4.61. The number of nitrogens with one attached hydrogen (secondary N) is 1. The Bertz CT molecular complexity index is 738. The topological polar surface area (TPSA) is 86.0 Å². The maximum absolute atomic E-state index is 10.5. The summed E-state index contributed by atoms with van der Waals surface area (Å²) in [4.78, 5) is 14.7. The summed E-state index contributed by atoms with van der Waals surface area (Å²) in [6.45, 7) is 2.38. The lowest BCUT2D eigenvalue weighted by Crippen LogP contribution is -2.07. The minimum absolute atomic E-state index is 0.0810. The Balaban J connectivity index is 2.39. The standard InChI is InChI=1S/C15H14ClN3O2/c1-9-5-11-14(18-4-2-3-13(20)21)10(7-17)8-19-15(11)12(16)6-9/h5-6,8H,2-4H2,1H3,(H,18,19)(H,20,21). The zero-order chi connectivity index (χ0) is 15.4. The van der Waals surface area contributed by atoms with Crippen LogP contribution in [0.15, 0.2) is 18.3 Å². The van der Waals surface area contributed by atoms with Gasteiger partial charge in [0, 0.05) is 24.5 Å². The molecule has 1 aromatic carbocycles. The molecular weight excluding hydrogens is 290 g/mol. The zero-order valence-electron chi connectivity index (χ0n) is 11.5. The fraction of sp³-hybridized carbons (Fsp3) is 0.267. The second kappa shape index (κ2) is 6.42. The number of carboxylic acids is 1. The van der Waals surface area contributed by atoms with Crippen molar-refractivity contribution in [2.45, 2.75) is 19.8 Å². The number of halogens is 1. The van der Waals surface area contributed by atoms with Crippen LogP contribution in [0.2, 0.25) is 5.02 Å². The second-order valence-corrected chi connectivity index (χ2v) is 5.13. The molecule has 0 bridgehead atoms. The first-order chi connectivity index (χ1) is 10.0. The molecule has 6 heteroatoms. The highest BCUT2D eigenvalue weighted by Gasteiger charge is 2.11. The van der Waals surface area contributed by atoms with Crippen LogP contribution < -0.4 is 5.32 Å². The second-order valence-electron chi connectivity index (χ2n) is 4.73. The van der Waals surface area contributed by atoms with Crippen molar-refractivity contribution in [1.82, 2.24) is 4.98 Å². The Morgan fingerprint density at radius 1 is 1.52 bits per heavy atom. The molecule has 0 aliphatic heterocycles. The fourth-order valence-corrected chi connectivity index (χ4v) is 2.45. The van der Waals surface area contributed by atoms with E-state index in [4.69, 9.17) is 16.7 Å². The number of carbonyl (C=O) groups is 1. The number of anilines is 1. The maximum Gasteiger partial charge on any atom is 0.303 e. The van der Waals surface area contributed by atoms with E-state index in [1.165, 1.54) is 6.20 Å². The van der Waals surface area contributed by atoms with Crippen LogP contribution in [0.25, 0.3) is 10.9 Å². The molecule has 2 N–H and O–H groups in total. The number of aryl methyl sites for hydroxylation is 1. The lowest BCUT2D eigenvalue weighted by atomic mass is 10.1. The van der Waals surface area contributed by atoms with Crippen molar-refractivity contribution in [3.63, 3.8) is 0 Å². The van der Waals surface area contributed by atoms with Crippen molar-refractivity contribution in [1.29, 1.82) is 5.26 Å². The third-order valence-corrected chi connectivity index (χ3v) is 3.35. The van der Waals surface area contributed by atoms with Crippen LogP contribution in [0.5, 0.6) is 0 Å². The van der Waals surface area contributed by atoms with Crippen LogP contribution in [-0.4, -0.2) is 22.6 Å². The van der Waals surface area contributed by atoms with E-state index < -0.39 is 5.97 Å². The summed E-state index contributed by atoms with van der Waals surface area (Å²) < 4.78 is 0. The number of carboxylic acid groups (broad SMARTS) is 1. The summed E-state index contributed by atoms with van der Waals surface area (Å²) in [6, 6.07) is 5.82. The number of pyridine rings is 1. The Morgan fingerprint density at radius 3 is 2.95 bits per heavy atom. The van der Waals surface area contributed by atoms with E-state index in [1.54, 1.807) is 0 Å². The van der Waals surface area contributed by atoms with Gasteiger partial charge in [0.2, 0.25) is 0 Å². The van der Waals surface area contributed by atoms with E-state index in [0.29, 0.717) is 34.8 Å². The molecule has 0 amide bonds. The smallest absolute Gasteiger partial charge is 0.303 e. The third-order valence-electron chi connectivity index (χ3n) is 3.06. The van der Waals surface area contributed by atoms with E-state index in [2.05, 4.69) is 16.4 Å². The average molecular weight is 304 g/mol. The molecule has 0 unspecified atom stereocenters. The average Bonchev–Trinajstić information content (AvgIpc) is 2.43. The monoisotopic (exact) mass is 303 g/mol. The van der Waals surface area contributed by atoms with Gasteiger partial charge in [0.1, 0.15) is 6.07 Å². The van der Waals surface area contributed by atoms with Gasteiger partial charge in [-0.2, -0.15) is 5.26 Å². The van der Waals surface area contributed by atoms with Gasteiger partial charge in [-0.05, 0) is 31.0 Å². The summed E-state index contributed by atoms with van der Waals surface area (Å²) in [5, 5.41) is 22.3. The summed E-state index contributed by atoms with van der Waals surface area (Å²) in [5.74, 6) is -0.837. The molecular formula is C15H14ClN3O2. The number of nitrogens with zero attached hydrogens (tertiary/aromatic N) is 2. The van der Waals surface area contributed by atoms with Crippen molar-refractivity contribution in [3.05, 3.63) is 34.5 Å². The number of aromatic nitrogens is 1. The van der Waals surface area contributed by atoms with Crippen molar-refractivity contribution < 1.29 is 9.90 Å². The number of hydrogen-bond donors (Lipinski definition) is 2. The maximum atomic E-state index is 10.5. The summed E-state index contributed by atoms with van der Waals surface area (Å²) in [6.07, 6.45) is 2.03. The molecule has 108 valence electrons. The van der Waals surface area contributed by atoms with Gasteiger partial charge in [0.25, 0.3) is 0 Å². The molecule has 0 atom stereocenters. The molecule has 0 spiro atoms. The highest BCUT2D eigenvalue weighted by molar-refractivity contribution is 6.35. The number of benzene rings is 1. The van der Waals surface area contributed by atoms with Gasteiger partial charge in [-0.1, -0.05) is 11.6 Å². The number of nitriles is 1. The van der Waals surface area contributed by atoms with Crippen molar-refractivity contribution in [2.24, 2.45) is 0 Å². The summed E-state index contributed by atoms with van der Waals surface area (Å²) in [5.41, 5.74) is 2.66. The number of aliphatic carboxylic acids is 1. The first-order valence-corrected chi connectivity index (χ1v) is 6.85. The molecule has 1 heterocycles. The van der Waals surface area contributed by atoms with E-state index in [9.17, 15) is 10.1 Å². The van der Waals surface area contributed by atoms with E-state index in [-0.39, 0.29) is 6.42 Å². The van der Waals surface area contributed by atoms with E-state index in [1.807, 2.05) is 19.1 Å². The van der Waals surface area contributed by atoms with Crippen LogP contribution in [0.1, 0.15) is 24.0 Å². The van der Waals surface area contributed by atoms with Gasteiger partial charge in [-0.3, -0.25) is 9.78 Å². The molecule has 0 saturated heterocycles. The van der Waals surface area contributed by atoms with Crippen LogP contribution in [-0.2, 0) is 4.79 Å². The summed E-state index contributed by atoms with van der Waals surface area (Å²) in [7, 11) is 0. The van der Waals surface area contributed by atoms with Crippen molar-refractivity contribution in [3.8, 4) is 6.07 Å². The SMILES string of the molecule is Cc1cc(Cl)c2ncc(C#N)c(NCCCC(=O)O)c2c1. The van der Waals surface area contributed by atoms with Crippen LogP contribution in [0.4, 0.5) is 5.69 Å². The number of hydrogen-bond acceptors (Lipinski definition) is 4. The van der Waals surface area contributed by atoms with Crippen LogP contribution in [0.3, 0.4) is 0 Å². The molecule has 21 heavy (non-hydrogen) atoms. The molecule has 0 fully saturated rings. The van der Waals surface area contributed by atoms with Gasteiger partial charge in [-0.25, -0.2) is 0 Å². The number of rotatable bonds is 5. The first-order valence-electron chi connectivity index (χ1n) is 6.47. The van der Waals surface area contributed by atoms with Gasteiger partial charge in [-0.15, -0.1) is 0 Å². The van der Waals surface area contributed by atoms with Gasteiger partial charge in [0.05, 0.1) is 21.8 Å². The number of fused-ring (bicyclic) bond motifs is 1. The molecule has 2 rings (SSSR count). The Morgan fingerprint density at radius 2 is 2.29 bits per heavy atom. The summed E-state index contributed by atoms with van der Waals surface area (Å²) >= 11 is 6.18.